The zero-order valence-electron chi connectivity index (χ0n) is 33.6. The molecule has 2 aliphatic carbocycles. The topological polar surface area (TPSA) is 163 Å². The summed E-state index contributed by atoms with van der Waals surface area (Å²) < 4.78 is 31.4. The van der Waals surface area contributed by atoms with Crippen molar-refractivity contribution < 1.29 is 27.6 Å². The third kappa shape index (κ3) is 9.71. The zero-order valence-corrected chi connectivity index (χ0v) is 36.0. The number of carbonyl (C=O) groups excluding carboxylic acids is 4. The number of halogens is 1. The van der Waals surface area contributed by atoms with Crippen LogP contribution in [0.2, 0.25) is 5.02 Å². The Bertz CT molecular complexity index is 2260. The second kappa shape index (κ2) is 18.2. The maximum Gasteiger partial charge on any atom is 0.256 e. The normalized spacial score (nSPS) is 17.2. The number of rotatable bonds is 15. The lowest BCUT2D eigenvalue weighted by atomic mass is 9.85. The van der Waals surface area contributed by atoms with E-state index >= 15 is 0 Å². The van der Waals surface area contributed by atoms with Gasteiger partial charge in [-0.1, -0.05) is 24.6 Å². The summed E-state index contributed by atoms with van der Waals surface area (Å²) in [7, 11) is -0.197. The van der Waals surface area contributed by atoms with Crippen LogP contribution in [0, 0.1) is 5.92 Å². The maximum atomic E-state index is 14.2. The quantitative estimate of drug-likeness (QED) is 0.121. The van der Waals surface area contributed by atoms with E-state index in [4.69, 9.17) is 11.6 Å². The molecule has 1 fully saturated rings. The maximum absolute atomic E-state index is 14.2. The number of ketones is 1. The van der Waals surface area contributed by atoms with Gasteiger partial charge in [-0.3, -0.25) is 19.2 Å². The predicted molar refractivity (Wildman–Crippen MR) is 226 cm³/mol. The number of aryl methyl sites for hydroxylation is 1. The zero-order chi connectivity index (χ0) is 41.8. The molecule has 310 valence electrons. The summed E-state index contributed by atoms with van der Waals surface area (Å²) in [5.74, 6) is -1.61. The van der Waals surface area contributed by atoms with E-state index < -0.39 is 21.5 Å². The third-order valence-corrected chi connectivity index (χ3v) is 14.4. The van der Waals surface area contributed by atoms with E-state index in [0.717, 1.165) is 35.4 Å². The highest BCUT2D eigenvalue weighted by Gasteiger charge is 2.38. The molecule has 0 saturated heterocycles. The largest absolute Gasteiger partial charge is 0.353 e. The van der Waals surface area contributed by atoms with E-state index in [2.05, 4.69) is 21.0 Å². The molecule has 0 atom stereocenters. The molecule has 6 rings (SSSR count). The van der Waals surface area contributed by atoms with E-state index in [9.17, 15) is 27.6 Å². The van der Waals surface area contributed by atoms with Crippen LogP contribution in [-0.2, 0) is 32.5 Å². The van der Waals surface area contributed by atoms with Crippen LogP contribution in [0.3, 0.4) is 0 Å². The summed E-state index contributed by atoms with van der Waals surface area (Å²) in [6, 6.07) is 12.7. The second-order valence-electron chi connectivity index (χ2n) is 15.8. The van der Waals surface area contributed by atoms with Crippen LogP contribution in [-0.4, -0.2) is 96.2 Å². The van der Waals surface area contributed by atoms with Crippen molar-refractivity contribution in [3.8, 4) is 5.69 Å². The van der Waals surface area contributed by atoms with E-state index in [1.807, 2.05) is 31.1 Å². The number of hydrogen-bond donors (Lipinski definition) is 3. The molecule has 1 saturated carbocycles. The van der Waals surface area contributed by atoms with Crippen LogP contribution in [0.5, 0.6) is 0 Å². The molecule has 0 radical (unpaired) electrons. The molecule has 4 aromatic rings. The Kier molecular flexibility index (Phi) is 13.6. The van der Waals surface area contributed by atoms with Gasteiger partial charge < -0.3 is 20.9 Å². The molecule has 16 heteroatoms. The SMILES string of the molecule is CCN(C1CCC(C(=O)NC(C)(C)C(=O)NCCN(C)C)CC1)S(=O)(=O)c1cccc(C(=O)Nc2sc3c(c2C(=O)c2cnn(-c4ccc(Cl)cc4)c2)CCCC3)c1. The number of aromatic nitrogens is 2. The molecule has 0 spiro atoms. The number of likely N-dealkylation sites (N-methyl/N-ethyl adjacent to an activating group) is 1. The van der Waals surface area contributed by atoms with Crippen LogP contribution in [0.4, 0.5) is 5.00 Å². The fourth-order valence-corrected chi connectivity index (χ4v) is 10.8. The molecule has 0 unspecified atom stereocenters. The highest BCUT2D eigenvalue weighted by molar-refractivity contribution is 7.89. The van der Waals surface area contributed by atoms with E-state index in [0.29, 0.717) is 66.3 Å². The van der Waals surface area contributed by atoms with Crippen molar-refractivity contribution in [3.05, 3.63) is 93.1 Å². The summed E-state index contributed by atoms with van der Waals surface area (Å²) >= 11 is 7.44. The first kappa shape index (κ1) is 43.2. The first-order chi connectivity index (χ1) is 27.6. The second-order valence-corrected chi connectivity index (χ2v) is 19.2. The predicted octanol–water partition coefficient (Wildman–Crippen LogP) is 6.09. The molecule has 2 aliphatic rings. The van der Waals surface area contributed by atoms with Crippen molar-refractivity contribution in [2.24, 2.45) is 5.92 Å². The Balaban J connectivity index is 1.13. The molecule has 58 heavy (non-hydrogen) atoms. The van der Waals surface area contributed by atoms with Crippen molar-refractivity contribution in [1.29, 1.82) is 0 Å². The number of anilines is 1. The first-order valence-corrected chi connectivity index (χ1v) is 22.4. The average molecular weight is 851 g/mol. The summed E-state index contributed by atoms with van der Waals surface area (Å²) in [5, 5.41) is 14.1. The minimum Gasteiger partial charge on any atom is -0.353 e. The Morgan fingerprint density at radius 2 is 1.69 bits per heavy atom. The highest BCUT2D eigenvalue weighted by Crippen LogP contribution is 2.40. The number of fused-ring (bicyclic) bond motifs is 1. The van der Waals surface area contributed by atoms with Gasteiger partial charge in [0.25, 0.3) is 5.91 Å². The molecule has 3 amide bonds. The fraction of sp³-hybridized carbons (Fsp3) is 0.452. The van der Waals surface area contributed by atoms with E-state index in [-0.39, 0.29) is 46.6 Å². The van der Waals surface area contributed by atoms with Gasteiger partial charge in [-0.25, -0.2) is 13.1 Å². The number of benzene rings is 2. The van der Waals surface area contributed by atoms with Crippen LogP contribution in [0.1, 0.15) is 96.0 Å². The number of nitrogens with one attached hydrogen (secondary N) is 3. The Morgan fingerprint density at radius 3 is 2.38 bits per heavy atom. The van der Waals surface area contributed by atoms with Gasteiger partial charge in [0.15, 0.2) is 5.78 Å². The van der Waals surface area contributed by atoms with E-state index in [1.54, 1.807) is 55.9 Å². The summed E-state index contributed by atoms with van der Waals surface area (Å²) in [5.41, 5.74) is 1.55. The number of sulfonamides is 1. The number of carbonyl (C=O) groups is 4. The first-order valence-electron chi connectivity index (χ1n) is 19.8. The van der Waals surface area contributed by atoms with Gasteiger partial charge in [-0.15, -0.1) is 11.3 Å². The van der Waals surface area contributed by atoms with Crippen LogP contribution in [0.25, 0.3) is 5.69 Å². The molecular formula is C42H52ClN7O6S2. The van der Waals surface area contributed by atoms with Crippen LogP contribution >= 0.6 is 22.9 Å². The Hall–Kier alpha value is -4.41. The van der Waals surface area contributed by atoms with E-state index in [1.165, 1.54) is 34.0 Å². The summed E-state index contributed by atoms with van der Waals surface area (Å²) in [6.07, 6.45) is 8.49. The molecule has 2 aromatic heterocycles. The van der Waals surface area contributed by atoms with Gasteiger partial charge in [0, 0.05) is 53.3 Å². The number of nitrogens with zero attached hydrogens (tertiary/aromatic N) is 4. The minimum absolute atomic E-state index is 0.0136. The lowest BCUT2D eigenvalue weighted by Gasteiger charge is -2.36. The van der Waals surface area contributed by atoms with Crippen molar-refractivity contribution in [2.45, 2.75) is 88.6 Å². The third-order valence-electron chi connectivity index (χ3n) is 10.9. The van der Waals surface area contributed by atoms with Crippen molar-refractivity contribution in [2.75, 3.05) is 39.0 Å². The molecule has 3 N–H and O–H groups in total. The molecule has 13 nitrogen and oxygen atoms in total. The highest BCUT2D eigenvalue weighted by atomic mass is 35.5. The smallest absolute Gasteiger partial charge is 0.256 e. The lowest BCUT2D eigenvalue weighted by molar-refractivity contribution is -0.134. The van der Waals surface area contributed by atoms with Crippen LogP contribution < -0.4 is 16.0 Å². The molecule has 0 aliphatic heterocycles. The van der Waals surface area contributed by atoms with Gasteiger partial charge in [0.1, 0.15) is 10.5 Å². The monoisotopic (exact) mass is 849 g/mol. The number of thiophene rings is 1. The van der Waals surface area contributed by atoms with Gasteiger partial charge in [0.2, 0.25) is 21.8 Å². The molecular weight excluding hydrogens is 798 g/mol. The molecule has 0 bridgehead atoms. The van der Waals surface area contributed by atoms with Crippen molar-refractivity contribution in [1.82, 2.24) is 29.6 Å². The van der Waals surface area contributed by atoms with Crippen LogP contribution in [0.15, 0.2) is 65.8 Å². The van der Waals surface area contributed by atoms with Gasteiger partial charge >= 0.3 is 0 Å². The summed E-state index contributed by atoms with van der Waals surface area (Å²) in [6.45, 7) is 6.48. The van der Waals surface area contributed by atoms with Gasteiger partial charge in [-0.2, -0.15) is 9.40 Å². The van der Waals surface area contributed by atoms with Gasteiger partial charge in [-0.05, 0) is 127 Å². The Labute approximate surface area is 349 Å². The standard InChI is InChI=1S/C42H52ClN7O6S2/c1-6-50(32-18-14-27(15-19-32)39(53)47-42(2,3)41(54)44-22-23-48(4)5)58(55,56)33-11-9-10-28(24-33)38(52)46-40-36(34-12-7-8-13-35(34)57-40)37(51)29-25-45-49(26-29)31-20-16-30(43)17-21-31/h9-11,16-17,20-21,24-27,32H,6-8,12-15,18-19,22-23H2,1-5H3,(H,44,54)(H,46,52)(H,47,53). The van der Waals surface area contributed by atoms with Crippen molar-refractivity contribution >= 4 is 61.5 Å². The molecule has 2 aromatic carbocycles. The average Bonchev–Trinajstić information content (AvgIpc) is 3.83. The Morgan fingerprint density at radius 1 is 0.983 bits per heavy atom. The number of hydrogen-bond acceptors (Lipinski definition) is 9. The lowest BCUT2D eigenvalue weighted by Crippen LogP contribution is -2.57. The van der Waals surface area contributed by atoms with Crippen molar-refractivity contribution in [3.63, 3.8) is 0 Å². The minimum atomic E-state index is -4.03. The fourth-order valence-electron chi connectivity index (χ4n) is 7.65. The van der Waals surface area contributed by atoms with Gasteiger partial charge in [0.05, 0.1) is 27.9 Å². The number of amides is 3. The molecule has 2 heterocycles. The summed E-state index contributed by atoms with van der Waals surface area (Å²) in [4.78, 5) is 57.0.